The Morgan fingerprint density at radius 2 is 1.73 bits per heavy atom. The van der Waals surface area contributed by atoms with Crippen LogP contribution in [0.25, 0.3) is 0 Å². The maximum atomic E-state index is 12.0. The van der Waals surface area contributed by atoms with Gasteiger partial charge in [0.05, 0.1) is 13.2 Å². The van der Waals surface area contributed by atoms with Crippen LogP contribution in [0.1, 0.15) is 44.2 Å². The predicted molar refractivity (Wildman–Crippen MR) is 103 cm³/mol. The number of esters is 1. The summed E-state index contributed by atoms with van der Waals surface area (Å²) >= 11 is 0. The molecule has 0 aliphatic heterocycles. The zero-order valence-electron chi connectivity index (χ0n) is 15.9. The Morgan fingerprint density at radius 3 is 2.42 bits per heavy atom. The van der Waals surface area contributed by atoms with Crippen LogP contribution in [0.15, 0.2) is 42.5 Å². The minimum Gasteiger partial charge on any atom is -0.490 e. The summed E-state index contributed by atoms with van der Waals surface area (Å²) in [5, 5.41) is 0. The van der Waals surface area contributed by atoms with Crippen molar-refractivity contribution < 1.29 is 19.0 Å². The van der Waals surface area contributed by atoms with Crippen LogP contribution >= 0.6 is 0 Å². The fourth-order valence-electron chi connectivity index (χ4n) is 2.46. The third-order valence-electron chi connectivity index (χ3n) is 3.93. The average Bonchev–Trinajstić information content (AvgIpc) is 2.64. The van der Waals surface area contributed by atoms with Gasteiger partial charge in [-0.15, -0.1) is 0 Å². The molecular weight excluding hydrogens is 328 g/mol. The number of unbranched alkanes of at least 4 members (excludes halogenated alkanes) is 1. The van der Waals surface area contributed by atoms with Crippen molar-refractivity contribution in [3.63, 3.8) is 0 Å². The summed E-state index contributed by atoms with van der Waals surface area (Å²) in [6, 6.07) is 13.3. The van der Waals surface area contributed by atoms with E-state index in [0.29, 0.717) is 31.8 Å². The molecule has 0 bridgehead atoms. The van der Waals surface area contributed by atoms with Crippen LogP contribution in [0.3, 0.4) is 0 Å². The van der Waals surface area contributed by atoms with E-state index in [1.54, 1.807) is 0 Å². The second kappa shape index (κ2) is 10.5. The second-order valence-electron chi connectivity index (χ2n) is 6.20. The van der Waals surface area contributed by atoms with Crippen LogP contribution < -0.4 is 14.2 Å². The number of benzene rings is 2. The van der Waals surface area contributed by atoms with Crippen LogP contribution in [0.4, 0.5) is 0 Å². The number of hydrogen-bond donors (Lipinski definition) is 0. The van der Waals surface area contributed by atoms with E-state index in [4.69, 9.17) is 14.2 Å². The molecule has 0 amide bonds. The van der Waals surface area contributed by atoms with E-state index in [1.165, 1.54) is 0 Å². The quantitative estimate of drug-likeness (QED) is 0.337. The molecule has 0 aliphatic carbocycles. The number of carbonyl (C=O) groups excluding carboxylic acids is 1. The molecule has 0 atom stereocenters. The monoisotopic (exact) mass is 356 g/mol. The Hall–Kier alpha value is -2.49. The highest BCUT2D eigenvalue weighted by Gasteiger charge is 2.10. The van der Waals surface area contributed by atoms with Gasteiger partial charge in [0.1, 0.15) is 5.75 Å². The topological polar surface area (TPSA) is 44.8 Å². The number of rotatable bonds is 10. The number of carbonyl (C=O) groups is 1. The summed E-state index contributed by atoms with van der Waals surface area (Å²) in [7, 11) is 0. The zero-order chi connectivity index (χ0) is 18.8. The Kier molecular flexibility index (Phi) is 8.00. The third-order valence-corrected chi connectivity index (χ3v) is 3.93. The highest BCUT2D eigenvalue weighted by Crippen LogP contribution is 2.29. The Morgan fingerprint density at radius 1 is 0.962 bits per heavy atom. The average molecular weight is 356 g/mol. The van der Waals surface area contributed by atoms with E-state index in [2.05, 4.69) is 6.92 Å². The van der Waals surface area contributed by atoms with Gasteiger partial charge in [-0.05, 0) is 56.5 Å². The van der Waals surface area contributed by atoms with E-state index < -0.39 is 0 Å². The van der Waals surface area contributed by atoms with E-state index >= 15 is 0 Å². The molecule has 4 nitrogen and oxygen atoms in total. The fourth-order valence-corrected chi connectivity index (χ4v) is 2.46. The smallest absolute Gasteiger partial charge is 0.311 e. The van der Waals surface area contributed by atoms with Gasteiger partial charge in [-0.25, -0.2) is 0 Å². The summed E-state index contributed by atoms with van der Waals surface area (Å²) < 4.78 is 16.8. The van der Waals surface area contributed by atoms with Gasteiger partial charge in [0.15, 0.2) is 11.5 Å². The number of ether oxygens (including phenoxy) is 3. The SMILES string of the molecule is CCCCOc1ccc(CCC(=O)Oc2ccc(C)cc2)cc1OCC. The van der Waals surface area contributed by atoms with Crippen molar-refractivity contribution in [2.45, 2.75) is 46.5 Å². The number of aryl methyl sites for hydroxylation is 2. The summed E-state index contributed by atoms with van der Waals surface area (Å²) in [4.78, 5) is 12.0. The van der Waals surface area contributed by atoms with Gasteiger partial charge < -0.3 is 14.2 Å². The molecule has 0 spiro atoms. The highest BCUT2D eigenvalue weighted by atomic mass is 16.5. The minimum atomic E-state index is -0.241. The molecule has 2 rings (SSSR count). The molecule has 4 heteroatoms. The molecule has 0 N–H and O–H groups in total. The zero-order valence-corrected chi connectivity index (χ0v) is 15.9. The molecule has 0 saturated carbocycles. The van der Waals surface area contributed by atoms with Crippen molar-refractivity contribution in [3.8, 4) is 17.2 Å². The van der Waals surface area contributed by atoms with Gasteiger partial charge in [-0.3, -0.25) is 4.79 Å². The highest BCUT2D eigenvalue weighted by molar-refractivity contribution is 5.72. The summed E-state index contributed by atoms with van der Waals surface area (Å²) in [6.45, 7) is 7.33. The van der Waals surface area contributed by atoms with Crippen LogP contribution in [0.2, 0.25) is 0 Å². The van der Waals surface area contributed by atoms with Gasteiger partial charge >= 0.3 is 5.97 Å². The van der Waals surface area contributed by atoms with Gasteiger partial charge in [-0.2, -0.15) is 0 Å². The normalized spacial score (nSPS) is 10.4. The lowest BCUT2D eigenvalue weighted by Crippen LogP contribution is -2.09. The maximum absolute atomic E-state index is 12.0. The van der Waals surface area contributed by atoms with Gasteiger partial charge in [-0.1, -0.05) is 37.1 Å². The van der Waals surface area contributed by atoms with Crippen molar-refractivity contribution >= 4 is 5.97 Å². The van der Waals surface area contributed by atoms with Crippen molar-refractivity contribution in [1.29, 1.82) is 0 Å². The first-order valence-corrected chi connectivity index (χ1v) is 9.28. The van der Waals surface area contributed by atoms with E-state index in [9.17, 15) is 4.79 Å². The van der Waals surface area contributed by atoms with Crippen molar-refractivity contribution in [2.24, 2.45) is 0 Å². The summed E-state index contributed by atoms with van der Waals surface area (Å²) in [5.41, 5.74) is 2.16. The molecule has 0 saturated heterocycles. The van der Waals surface area contributed by atoms with Crippen molar-refractivity contribution in [2.75, 3.05) is 13.2 Å². The summed E-state index contributed by atoms with van der Waals surface area (Å²) in [5.74, 6) is 1.82. The van der Waals surface area contributed by atoms with Crippen LogP contribution in [-0.2, 0) is 11.2 Å². The Bertz CT molecular complexity index is 692. The molecule has 0 aliphatic rings. The predicted octanol–water partition coefficient (Wildman–Crippen LogP) is 5.11. The molecule has 0 unspecified atom stereocenters. The Labute approximate surface area is 156 Å². The maximum Gasteiger partial charge on any atom is 0.311 e. The summed E-state index contributed by atoms with van der Waals surface area (Å²) in [6.07, 6.45) is 3.01. The molecule has 0 radical (unpaired) electrons. The molecule has 26 heavy (non-hydrogen) atoms. The van der Waals surface area contributed by atoms with Gasteiger partial charge in [0.25, 0.3) is 0 Å². The largest absolute Gasteiger partial charge is 0.490 e. The number of hydrogen-bond acceptors (Lipinski definition) is 4. The van der Waals surface area contributed by atoms with Crippen LogP contribution in [-0.4, -0.2) is 19.2 Å². The molecule has 0 fully saturated rings. The molecule has 2 aromatic rings. The van der Waals surface area contributed by atoms with Gasteiger partial charge in [0.2, 0.25) is 0 Å². The lowest BCUT2D eigenvalue weighted by atomic mass is 10.1. The van der Waals surface area contributed by atoms with Crippen molar-refractivity contribution in [3.05, 3.63) is 53.6 Å². The standard InChI is InChI=1S/C22H28O4/c1-4-6-15-25-20-13-9-18(16-21(20)24-5-2)10-14-22(23)26-19-11-7-17(3)8-12-19/h7-9,11-13,16H,4-6,10,14-15H2,1-3H3. The first-order valence-electron chi connectivity index (χ1n) is 9.28. The molecule has 0 aromatic heterocycles. The van der Waals surface area contributed by atoms with E-state index in [0.717, 1.165) is 35.5 Å². The first-order chi connectivity index (χ1) is 12.6. The lowest BCUT2D eigenvalue weighted by Gasteiger charge is -2.13. The second-order valence-corrected chi connectivity index (χ2v) is 6.20. The fraction of sp³-hybridized carbons (Fsp3) is 0.409. The van der Waals surface area contributed by atoms with Crippen molar-refractivity contribution in [1.82, 2.24) is 0 Å². The third kappa shape index (κ3) is 6.43. The molecule has 140 valence electrons. The van der Waals surface area contributed by atoms with E-state index in [1.807, 2.05) is 56.3 Å². The van der Waals surface area contributed by atoms with Crippen LogP contribution in [0, 0.1) is 6.92 Å². The molecule has 2 aromatic carbocycles. The Balaban J connectivity index is 1.92. The van der Waals surface area contributed by atoms with Crippen LogP contribution in [0.5, 0.6) is 17.2 Å². The minimum absolute atomic E-state index is 0.241. The first kappa shape index (κ1) is 19.8. The van der Waals surface area contributed by atoms with E-state index in [-0.39, 0.29) is 5.97 Å². The lowest BCUT2D eigenvalue weighted by molar-refractivity contribution is -0.134. The molecular formula is C22H28O4. The van der Waals surface area contributed by atoms with Gasteiger partial charge in [0, 0.05) is 6.42 Å². The molecule has 0 heterocycles.